The molecule has 0 amide bonds. The Morgan fingerprint density at radius 2 is 2.09 bits per heavy atom. The number of fused-ring (bicyclic) bond motifs is 1. The first-order chi connectivity index (χ1) is 15.8. The maximum atomic E-state index is 12.8. The zero-order valence-electron chi connectivity index (χ0n) is 20.4. The van der Waals surface area contributed by atoms with Gasteiger partial charge in [-0.15, -0.1) is 13.2 Å². The number of hydrogen-bond acceptors (Lipinski definition) is 4. The van der Waals surface area contributed by atoms with Crippen LogP contribution in [0.3, 0.4) is 0 Å². The van der Waals surface area contributed by atoms with Gasteiger partial charge in [-0.2, -0.15) is 4.98 Å². The third kappa shape index (κ3) is 5.98. The summed E-state index contributed by atoms with van der Waals surface area (Å²) in [5.74, 6) is 0.778. The lowest BCUT2D eigenvalue weighted by Crippen LogP contribution is -2.20. The second-order valence-electron chi connectivity index (χ2n) is 9.48. The van der Waals surface area contributed by atoms with Crippen LogP contribution >= 0.6 is 0 Å². The Morgan fingerprint density at radius 3 is 2.76 bits per heavy atom. The van der Waals surface area contributed by atoms with Crippen molar-refractivity contribution < 1.29 is 7.65 Å². The Morgan fingerprint density at radius 1 is 1.30 bits per heavy atom. The number of aromatic amines is 1. The summed E-state index contributed by atoms with van der Waals surface area (Å²) in [5, 5.41) is 4.44. The summed E-state index contributed by atoms with van der Waals surface area (Å²) in [6, 6.07) is 6.33. The molecule has 1 unspecified atom stereocenters. The summed E-state index contributed by atoms with van der Waals surface area (Å²) in [7, 11) is 0. The van der Waals surface area contributed by atoms with Gasteiger partial charge in [0.15, 0.2) is 5.78 Å². The quantitative estimate of drug-likeness (QED) is 0.219. The van der Waals surface area contributed by atoms with E-state index in [2.05, 4.69) is 41.4 Å². The Balaban J connectivity index is 0.00000306. The first-order valence-corrected chi connectivity index (χ1v) is 11.8. The Kier molecular flexibility index (Phi) is 7.85. The number of aryl methyl sites for hydroxylation is 1. The average Bonchev–Trinajstić information content (AvgIpc) is 3.20. The predicted molar refractivity (Wildman–Crippen MR) is 143 cm³/mol. The van der Waals surface area contributed by atoms with E-state index in [0.29, 0.717) is 18.4 Å². The van der Waals surface area contributed by atoms with Crippen LogP contribution in [0.2, 0.25) is 0 Å². The van der Waals surface area contributed by atoms with E-state index in [0.717, 1.165) is 59.0 Å². The molecule has 2 N–H and O–H groups in total. The van der Waals surface area contributed by atoms with Crippen molar-refractivity contribution in [1.29, 1.82) is 0 Å². The highest BCUT2D eigenvalue weighted by molar-refractivity contribution is 5.99. The zero-order chi connectivity index (χ0) is 24.0. The van der Waals surface area contributed by atoms with Crippen LogP contribution in [-0.2, 0) is 0 Å². The van der Waals surface area contributed by atoms with Gasteiger partial charge in [0.1, 0.15) is 5.65 Å². The number of anilines is 1. The molecule has 5 nitrogen and oxygen atoms in total. The summed E-state index contributed by atoms with van der Waals surface area (Å²) in [5.41, 5.74) is 4.38. The summed E-state index contributed by atoms with van der Waals surface area (Å²) < 4.78 is 0. The highest BCUT2D eigenvalue weighted by Gasteiger charge is 2.21. The number of aromatic nitrogens is 3. The number of carbonyl (C=O) groups is 1. The van der Waals surface area contributed by atoms with E-state index in [9.17, 15) is 4.79 Å². The van der Waals surface area contributed by atoms with Crippen LogP contribution in [-0.4, -0.2) is 26.8 Å². The molecule has 178 valence electrons. The molecule has 0 bridgehead atoms. The molecule has 0 aliphatic rings. The van der Waals surface area contributed by atoms with Crippen molar-refractivity contribution in [1.82, 2.24) is 15.0 Å². The average molecular weight is 449 g/mol. The van der Waals surface area contributed by atoms with Crippen LogP contribution in [0.1, 0.15) is 71.7 Å². The van der Waals surface area contributed by atoms with Crippen LogP contribution < -0.4 is 5.32 Å². The lowest BCUT2D eigenvalue weighted by Gasteiger charge is -2.19. The van der Waals surface area contributed by atoms with Crippen molar-refractivity contribution in [3.05, 3.63) is 67.0 Å². The van der Waals surface area contributed by atoms with Gasteiger partial charge in [-0.1, -0.05) is 57.5 Å². The molecule has 3 rings (SSSR count). The maximum Gasteiger partial charge on any atom is 0.224 e. The molecule has 2 heterocycles. The number of carbonyl (C=O) groups excluding carboxylic acids is 1. The van der Waals surface area contributed by atoms with Crippen LogP contribution in [0.15, 0.2) is 55.9 Å². The number of rotatable bonds is 12. The van der Waals surface area contributed by atoms with Crippen molar-refractivity contribution in [3.8, 4) is 11.1 Å². The van der Waals surface area contributed by atoms with Crippen LogP contribution in [0, 0.1) is 12.3 Å². The number of ketones is 1. The number of nitrogens with one attached hydrogen (secondary N) is 2. The van der Waals surface area contributed by atoms with Gasteiger partial charge in [0.2, 0.25) is 5.95 Å². The Bertz CT molecular complexity index is 1150. The first-order valence-electron chi connectivity index (χ1n) is 11.8. The van der Waals surface area contributed by atoms with E-state index in [1.807, 2.05) is 57.4 Å². The Labute approximate surface area is 200 Å². The fourth-order valence-electron chi connectivity index (χ4n) is 4.08. The van der Waals surface area contributed by atoms with Gasteiger partial charge < -0.3 is 10.3 Å². The Hall–Kier alpha value is -3.21. The molecule has 1 aromatic carbocycles. The molecular weight excluding hydrogens is 408 g/mol. The number of hydrogen-bond donors (Lipinski definition) is 2. The first kappa shape index (κ1) is 24.4. The van der Waals surface area contributed by atoms with E-state index >= 15 is 0 Å². The zero-order valence-corrected chi connectivity index (χ0v) is 20.4. The van der Waals surface area contributed by atoms with Gasteiger partial charge >= 0.3 is 0 Å². The SMILES string of the molecule is C=CCCC(CCC)Nc1ncc2c(-c3ccc(C(=O)CC(C)(C)C=C)c(C)c3)c[nH]c2n1.[HH].[HH]. The van der Waals surface area contributed by atoms with E-state index in [1.165, 1.54) is 0 Å². The second kappa shape index (κ2) is 10.6. The number of allylic oxidation sites excluding steroid dienone is 2. The van der Waals surface area contributed by atoms with E-state index in [1.54, 1.807) is 0 Å². The molecule has 3 aromatic rings. The third-order valence-corrected chi connectivity index (χ3v) is 6.13. The molecular formula is C28H40N4O. The number of benzene rings is 1. The highest BCUT2D eigenvalue weighted by Crippen LogP contribution is 2.31. The number of nitrogens with zero attached hydrogens (tertiary/aromatic N) is 2. The predicted octanol–water partition coefficient (Wildman–Crippen LogP) is 7.76. The van der Waals surface area contributed by atoms with Crippen molar-refractivity contribution in [2.75, 3.05) is 5.32 Å². The molecule has 2 aromatic heterocycles. The minimum atomic E-state index is -0.218. The van der Waals surface area contributed by atoms with Crippen LogP contribution in [0.25, 0.3) is 22.2 Å². The topological polar surface area (TPSA) is 70.7 Å². The normalized spacial score (nSPS) is 12.5. The van der Waals surface area contributed by atoms with Gasteiger partial charge in [-0.3, -0.25) is 4.79 Å². The fourth-order valence-corrected chi connectivity index (χ4v) is 4.08. The van der Waals surface area contributed by atoms with Crippen LogP contribution in [0.5, 0.6) is 0 Å². The molecule has 0 radical (unpaired) electrons. The minimum absolute atomic E-state index is 0. The molecule has 0 saturated carbocycles. The summed E-state index contributed by atoms with van der Waals surface area (Å²) >= 11 is 0. The van der Waals surface area contributed by atoms with E-state index < -0.39 is 0 Å². The van der Waals surface area contributed by atoms with Crippen molar-refractivity contribution >= 4 is 22.8 Å². The van der Waals surface area contributed by atoms with Crippen molar-refractivity contribution in [2.45, 2.75) is 65.8 Å². The van der Waals surface area contributed by atoms with Crippen molar-refractivity contribution in [2.24, 2.45) is 5.41 Å². The van der Waals surface area contributed by atoms with E-state index in [4.69, 9.17) is 4.98 Å². The number of Topliss-reactive ketones (excluding diaryl/α,β-unsaturated/α-hetero) is 1. The molecule has 0 spiro atoms. The molecule has 5 heteroatoms. The molecule has 1 atom stereocenters. The number of H-pyrrole nitrogens is 1. The summed E-state index contributed by atoms with van der Waals surface area (Å²) in [4.78, 5) is 25.4. The van der Waals surface area contributed by atoms with Crippen molar-refractivity contribution in [3.63, 3.8) is 0 Å². The summed E-state index contributed by atoms with van der Waals surface area (Å²) in [6.07, 6.45) is 12.2. The molecule has 0 fully saturated rings. The second-order valence-corrected chi connectivity index (χ2v) is 9.48. The minimum Gasteiger partial charge on any atom is -0.351 e. The lowest BCUT2D eigenvalue weighted by molar-refractivity contribution is 0.0949. The smallest absolute Gasteiger partial charge is 0.224 e. The monoisotopic (exact) mass is 448 g/mol. The summed E-state index contributed by atoms with van der Waals surface area (Å²) in [6.45, 7) is 15.9. The highest BCUT2D eigenvalue weighted by atomic mass is 16.1. The van der Waals surface area contributed by atoms with E-state index in [-0.39, 0.29) is 14.1 Å². The largest absolute Gasteiger partial charge is 0.351 e. The standard InChI is InChI=1S/C28H36N4O.2H2/c1-7-10-12-21(11-8-2)31-27-30-18-24-23(17-29-26(24)32-27)20-13-14-22(19(4)15-20)25(33)16-28(5,6)9-3;;/h7,9,13-15,17-18,21H,1,3,8,10-12,16H2,2,4-6H3,(H2,29,30,31,32);2*1H. The van der Waals surface area contributed by atoms with Gasteiger partial charge in [-0.05, 0) is 42.7 Å². The fraction of sp³-hybridized carbons (Fsp3) is 0.393. The molecule has 0 saturated heterocycles. The van der Waals surface area contributed by atoms with Gasteiger partial charge in [0.25, 0.3) is 0 Å². The van der Waals surface area contributed by atoms with Gasteiger partial charge in [-0.25, -0.2) is 4.98 Å². The molecule has 0 aliphatic carbocycles. The lowest BCUT2D eigenvalue weighted by atomic mass is 9.84. The van der Waals surface area contributed by atoms with Gasteiger partial charge in [0, 0.05) is 44.2 Å². The molecule has 33 heavy (non-hydrogen) atoms. The third-order valence-electron chi connectivity index (χ3n) is 6.13. The maximum absolute atomic E-state index is 12.8. The molecule has 0 aliphatic heterocycles. The van der Waals surface area contributed by atoms with Crippen LogP contribution in [0.4, 0.5) is 5.95 Å². The van der Waals surface area contributed by atoms with Gasteiger partial charge in [0.05, 0.1) is 0 Å².